The van der Waals surface area contributed by atoms with Gasteiger partial charge >= 0.3 is 6.18 Å². The lowest BCUT2D eigenvalue weighted by atomic mass is 9.71. The number of anilines is 2. The van der Waals surface area contributed by atoms with Gasteiger partial charge < -0.3 is 14.8 Å². The van der Waals surface area contributed by atoms with Crippen molar-refractivity contribution in [3.63, 3.8) is 0 Å². The van der Waals surface area contributed by atoms with Gasteiger partial charge in [-0.1, -0.05) is 12.2 Å². The molecule has 2 aromatic carbocycles. The number of alkyl halides is 3. The summed E-state index contributed by atoms with van der Waals surface area (Å²) in [5.41, 5.74) is -3.73. The maximum Gasteiger partial charge on any atom is 0.417 e. The maximum atomic E-state index is 13.6. The molecule has 0 saturated carbocycles. The third-order valence-electron chi connectivity index (χ3n) is 7.18. The fourth-order valence-corrected chi connectivity index (χ4v) is 5.57. The number of rotatable bonds is 6. The van der Waals surface area contributed by atoms with Crippen LogP contribution < -0.4 is 15.0 Å². The number of carbonyl (C=O) groups excluding carboxylic acids is 3. The predicted octanol–water partition coefficient (Wildman–Crippen LogP) is 4.21. The predicted molar refractivity (Wildman–Crippen MR) is 128 cm³/mol. The number of benzene rings is 2. The normalized spacial score (nSPS) is 27.4. The Balaban J connectivity index is 1.38. The molecule has 8 nitrogen and oxygen atoms in total. The van der Waals surface area contributed by atoms with E-state index in [2.05, 4.69) is 5.32 Å². The molecule has 196 valence electrons. The van der Waals surface area contributed by atoms with E-state index in [1.165, 1.54) is 19.1 Å². The molecule has 11 heteroatoms. The minimum absolute atomic E-state index is 0.125. The Morgan fingerprint density at radius 2 is 1.82 bits per heavy atom. The zero-order chi connectivity index (χ0) is 27.5. The quantitative estimate of drug-likeness (QED) is 0.447. The number of nitrogens with zero attached hydrogens (tertiary/aromatic N) is 2. The van der Waals surface area contributed by atoms with Gasteiger partial charge in [-0.25, -0.2) is 4.90 Å². The Hall–Kier alpha value is -4.17. The summed E-state index contributed by atoms with van der Waals surface area (Å²) in [6.45, 7) is 3.19. The van der Waals surface area contributed by atoms with E-state index in [-0.39, 0.29) is 24.6 Å². The molecular formula is C27H22F3N3O5. The summed E-state index contributed by atoms with van der Waals surface area (Å²) in [4.78, 5) is 39.0. The average Bonchev–Trinajstić information content (AvgIpc) is 3.43. The van der Waals surface area contributed by atoms with E-state index in [0.717, 1.165) is 11.0 Å². The first kappa shape index (κ1) is 25.5. The Morgan fingerprint density at radius 1 is 1.13 bits per heavy atom. The number of fused-ring (bicyclic) bond motifs is 5. The van der Waals surface area contributed by atoms with Gasteiger partial charge in [0, 0.05) is 19.0 Å². The Bertz CT molecular complexity index is 1410. The number of hydrogen-bond acceptors (Lipinski definition) is 6. The molecule has 0 unspecified atom stereocenters. The molecule has 5 rings (SSSR count). The average molecular weight is 525 g/mol. The molecule has 3 aliphatic rings. The monoisotopic (exact) mass is 525 g/mol. The van der Waals surface area contributed by atoms with Crippen molar-refractivity contribution in [1.29, 1.82) is 5.26 Å². The van der Waals surface area contributed by atoms with E-state index in [4.69, 9.17) is 14.7 Å². The summed E-state index contributed by atoms with van der Waals surface area (Å²) in [5, 5.41) is 11.7. The topological polar surface area (TPSA) is 109 Å². The van der Waals surface area contributed by atoms with Crippen molar-refractivity contribution >= 4 is 29.1 Å². The van der Waals surface area contributed by atoms with Gasteiger partial charge in [0.15, 0.2) is 0 Å². The van der Waals surface area contributed by atoms with Crippen molar-refractivity contribution in [3.05, 3.63) is 65.7 Å². The Morgan fingerprint density at radius 3 is 2.45 bits per heavy atom. The number of carbonyl (C=O) groups is 3. The second-order valence-corrected chi connectivity index (χ2v) is 9.68. The molecule has 2 aromatic rings. The third kappa shape index (κ3) is 4.01. The van der Waals surface area contributed by atoms with E-state index in [9.17, 15) is 27.6 Å². The second kappa shape index (κ2) is 8.70. The van der Waals surface area contributed by atoms with Gasteiger partial charge in [-0.3, -0.25) is 14.4 Å². The minimum Gasteiger partial charge on any atom is -0.493 e. The zero-order valence-electron chi connectivity index (χ0n) is 20.3. The van der Waals surface area contributed by atoms with Crippen LogP contribution in [0.1, 0.15) is 31.4 Å². The molecule has 2 fully saturated rings. The molecule has 4 atom stereocenters. The lowest BCUT2D eigenvalue weighted by Crippen LogP contribution is -2.42. The van der Waals surface area contributed by atoms with E-state index >= 15 is 0 Å². The van der Waals surface area contributed by atoms with Crippen LogP contribution in [-0.2, 0) is 25.3 Å². The lowest BCUT2D eigenvalue weighted by molar-refractivity contribution is -0.138. The van der Waals surface area contributed by atoms with E-state index in [1.54, 1.807) is 43.3 Å². The molecule has 38 heavy (non-hydrogen) atoms. The van der Waals surface area contributed by atoms with Gasteiger partial charge in [0.05, 0.1) is 46.9 Å². The number of hydrogen-bond donors (Lipinski definition) is 1. The van der Waals surface area contributed by atoms with Crippen LogP contribution in [0.25, 0.3) is 0 Å². The van der Waals surface area contributed by atoms with Crippen molar-refractivity contribution in [1.82, 2.24) is 0 Å². The van der Waals surface area contributed by atoms with Gasteiger partial charge in [-0.05, 0) is 49.4 Å². The summed E-state index contributed by atoms with van der Waals surface area (Å²) >= 11 is 0. The SMILES string of the molecule is CC(=O)Nc1ccc(OCC[C@@]23C=C[C@@](C)(O2)[C@H]2C(=O)N(c4ccc(C#N)c(C(F)(F)F)c4)C(=O)[C@H]23)cc1. The number of nitrogens with one attached hydrogen (secondary N) is 1. The number of imide groups is 1. The molecule has 2 bridgehead atoms. The summed E-state index contributed by atoms with van der Waals surface area (Å²) in [7, 11) is 0. The van der Waals surface area contributed by atoms with Crippen LogP contribution in [0, 0.1) is 23.2 Å². The highest BCUT2D eigenvalue weighted by atomic mass is 19.4. The van der Waals surface area contributed by atoms with E-state index < -0.39 is 52.2 Å². The highest BCUT2D eigenvalue weighted by Gasteiger charge is 2.72. The largest absolute Gasteiger partial charge is 0.493 e. The highest BCUT2D eigenvalue weighted by molar-refractivity contribution is 6.23. The van der Waals surface area contributed by atoms with Gasteiger partial charge in [0.25, 0.3) is 0 Å². The lowest BCUT2D eigenvalue weighted by Gasteiger charge is -2.29. The van der Waals surface area contributed by atoms with Crippen LogP contribution in [0.5, 0.6) is 5.75 Å². The van der Waals surface area contributed by atoms with Crippen LogP contribution in [0.4, 0.5) is 24.5 Å². The van der Waals surface area contributed by atoms with Crippen molar-refractivity contribution in [2.24, 2.45) is 11.8 Å². The summed E-state index contributed by atoms with van der Waals surface area (Å²) in [5.74, 6) is -2.86. The summed E-state index contributed by atoms with van der Waals surface area (Å²) in [6.07, 6.45) is -1.18. The minimum atomic E-state index is -4.84. The van der Waals surface area contributed by atoms with Crippen LogP contribution in [0.2, 0.25) is 0 Å². The molecule has 1 N–H and O–H groups in total. The number of ether oxygens (including phenoxy) is 2. The molecular weight excluding hydrogens is 503 g/mol. The fourth-order valence-electron chi connectivity index (χ4n) is 5.57. The summed E-state index contributed by atoms with van der Waals surface area (Å²) in [6, 6.07) is 11.0. The van der Waals surface area contributed by atoms with Crippen molar-refractivity contribution in [3.8, 4) is 11.8 Å². The third-order valence-corrected chi connectivity index (χ3v) is 7.18. The number of amides is 3. The zero-order valence-corrected chi connectivity index (χ0v) is 20.3. The molecule has 3 aliphatic heterocycles. The van der Waals surface area contributed by atoms with Crippen molar-refractivity contribution < 1.29 is 37.0 Å². The number of halogens is 3. The number of nitriles is 1. The van der Waals surface area contributed by atoms with Gasteiger partial charge in [0.2, 0.25) is 17.7 Å². The highest BCUT2D eigenvalue weighted by Crippen LogP contribution is 2.59. The second-order valence-electron chi connectivity index (χ2n) is 9.68. The van der Waals surface area contributed by atoms with Crippen LogP contribution in [0.15, 0.2) is 54.6 Å². The molecule has 3 heterocycles. The molecule has 0 aromatic heterocycles. The van der Waals surface area contributed by atoms with Gasteiger partial charge in [-0.15, -0.1) is 0 Å². The Labute approximate surface area is 215 Å². The summed E-state index contributed by atoms with van der Waals surface area (Å²) < 4.78 is 52.7. The van der Waals surface area contributed by atoms with Crippen LogP contribution in [0.3, 0.4) is 0 Å². The Kier molecular flexibility index (Phi) is 5.83. The van der Waals surface area contributed by atoms with Crippen molar-refractivity contribution in [2.45, 2.75) is 37.6 Å². The standard InChI is InChI=1S/C27H22F3N3O5/c1-15(34)32-17-4-7-19(8-5-17)37-12-11-26-10-9-25(2,38-26)21-22(26)24(36)33(23(21)35)18-6-3-16(14-31)20(13-18)27(28,29)30/h3-10,13,21-22H,11-12H2,1-2H3,(H,32,34)/t21-,22+,25-,26-/m1/s1. The molecule has 0 aliphatic carbocycles. The van der Waals surface area contributed by atoms with Crippen LogP contribution >= 0.6 is 0 Å². The first-order chi connectivity index (χ1) is 17.9. The maximum absolute atomic E-state index is 13.6. The van der Waals surface area contributed by atoms with Gasteiger partial charge in [-0.2, -0.15) is 18.4 Å². The van der Waals surface area contributed by atoms with Gasteiger partial charge in [0.1, 0.15) is 11.4 Å². The molecule has 0 radical (unpaired) electrons. The molecule has 2 saturated heterocycles. The molecule has 3 amide bonds. The van der Waals surface area contributed by atoms with E-state index in [0.29, 0.717) is 17.5 Å². The van der Waals surface area contributed by atoms with Crippen LogP contribution in [-0.4, -0.2) is 35.5 Å². The first-order valence-electron chi connectivity index (χ1n) is 11.8. The smallest absolute Gasteiger partial charge is 0.417 e. The first-order valence-corrected chi connectivity index (χ1v) is 11.8. The molecule has 0 spiro atoms. The fraction of sp³-hybridized carbons (Fsp3) is 0.333. The van der Waals surface area contributed by atoms with Crippen molar-refractivity contribution in [2.75, 3.05) is 16.8 Å². The van der Waals surface area contributed by atoms with E-state index in [1.807, 2.05) is 0 Å².